The summed E-state index contributed by atoms with van der Waals surface area (Å²) in [7, 11) is 3.00. The van der Waals surface area contributed by atoms with Crippen LogP contribution in [0.4, 0.5) is 4.39 Å². The third-order valence-electron chi connectivity index (χ3n) is 4.35. The van der Waals surface area contributed by atoms with E-state index in [1.807, 2.05) is 17.6 Å². The van der Waals surface area contributed by atoms with Gasteiger partial charge in [0.25, 0.3) is 0 Å². The van der Waals surface area contributed by atoms with E-state index >= 15 is 4.39 Å². The van der Waals surface area contributed by atoms with Gasteiger partial charge in [-0.3, -0.25) is 0 Å². The van der Waals surface area contributed by atoms with E-state index in [0.29, 0.717) is 11.3 Å². The summed E-state index contributed by atoms with van der Waals surface area (Å²) in [6.45, 7) is 0.835. The number of hydrogen-bond donors (Lipinski definition) is 0. The summed E-state index contributed by atoms with van der Waals surface area (Å²) < 4.78 is 27.8. The number of methoxy groups -OCH3 is 2. The first-order valence-corrected chi connectivity index (χ1v) is 8.34. The molecule has 0 N–H and O–H groups in total. The minimum absolute atomic E-state index is 0.164. The van der Waals surface area contributed by atoms with Crippen molar-refractivity contribution in [2.24, 2.45) is 0 Å². The fourth-order valence-electron chi connectivity index (χ4n) is 3.28. The van der Waals surface area contributed by atoms with Crippen molar-refractivity contribution in [3.05, 3.63) is 46.5 Å². The lowest BCUT2D eigenvalue weighted by molar-refractivity contribution is 0.337. The topological polar surface area (TPSA) is 23.4 Å². The molecule has 1 aliphatic heterocycles. The van der Waals surface area contributed by atoms with Crippen LogP contribution in [0.2, 0.25) is 0 Å². The summed E-state index contributed by atoms with van der Waals surface area (Å²) in [6, 6.07) is 6.02. The minimum atomic E-state index is -0.349. The van der Waals surface area contributed by atoms with Crippen molar-refractivity contribution in [1.82, 2.24) is 4.57 Å². The van der Waals surface area contributed by atoms with Crippen LogP contribution in [0, 0.1) is 5.82 Å². The molecule has 0 aliphatic carbocycles. The van der Waals surface area contributed by atoms with Gasteiger partial charge in [0.05, 0.1) is 19.9 Å². The number of benzene rings is 1. The molecule has 0 unspecified atom stereocenters. The van der Waals surface area contributed by atoms with Crippen LogP contribution in [0.3, 0.4) is 0 Å². The van der Waals surface area contributed by atoms with E-state index < -0.39 is 0 Å². The van der Waals surface area contributed by atoms with E-state index in [1.165, 1.54) is 14.2 Å². The average molecular weight is 329 g/mol. The number of aromatic nitrogens is 1. The predicted molar refractivity (Wildman–Crippen MR) is 89.9 cm³/mol. The monoisotopic (exact) mass is 329 g/mol. The average Bonchev–Trinajstić information content (AvgIpc) is 3.22. The predicted octanol–water partition coefficient (Wildman–Crippen LogP) is 4.60. The second-order valence-corrected chi connectivity index (χ2v) is 6.27. The molecule has 23 heavy (non-hydrogen) atoms. The molecule has 3 nitrogen and oxygen atoms in total. The Kier molecular flexibility index (Phi) is 3.38. The fourth-order valence-corrected chi connectivity index (χ4v) is 3.94. The van der Waals surface area contributed by atoms with Crippen LogP contribution in [0.15, 0.2) is 35.2 Å². The van der Waals surface area contributed by atoms with Crippen molar-refractivity contribution >= 4 is 11.3 Å². The van der Waals surface area contributed by atoms with Gasteiger partial charge in [0.1, 0.15) is 0 Å². The molecule has 0 atom stereocenters. The molecule has 1 aliphatic rings. The number of thiophene rings is 1. The normalized spacial score (nSPS) is 12.7. The Hall–Kier alpha value is -2.27. The Morgan fingerprint density at radius 1 is 1.22 bits per heavy atom. The molecule has 1 aromatic carbocycles. The highest BCUT2D eigenvalue weighted by atomic mass is 32.1. The number of fused-ring (bicyclic) bond motifs is 3. The van der Waals surface area contributed by atoms with E-state index in [1.54, 1.807) is 11.3 Å². The smallest absolute Gasteiger partial charge is 0.197 e. The highest BCUT2D eigenvalue weighted by Crippen LogP contribution is 2.45. The molecule has 5 heteroatoms. The molecule has 3 aromatic rings. The fraction of sp³-hybridized carbons (Fsp3) is 0.222. The number of ether oxygens (including phenoxy) is 2. The van der Waals surface area contributed by atoms with E-state index in [4.69, 9.17) is 9.47 Å². The van der Waals surface area contributed by atoms with Crippen molar-refractivity contribution in [3.63, 3.8) is 0 Å². The number of nitrogens with zero attached hydrogens (tertiary/aromatic N) is 1. The molecule has 3 heterocycles. The molecule has 0 saturated heterocycles. The quantitative estimate of drug-likeness (QED) is 0.701. The molecule has 118 valence electrons. The molecule has 4 rings (SSSR count). The maximum absolute atomic E-state index is 15.2. The van der Waals surface area contributed by atoms with Gasteiger partial charge in [-0.25, -0.2) is 4.39 Å². The molecule has 2 aromatic heterocycles. The molecule has 0 radical (unpaired) electrons. The molecule has 0 bridgehead atoms. The highest BCUT2D eigenvalue weighted by molar-refractivity contribution is 7.08. The Morgan fingerprint density at radius 2 is 2.09 bits per heavy atom. The zero-order valence-corrected chi connectivity index (χ0v) is 13.7. The molecule has 0 amide bonds. The summed E-state index contributed by atoms with van der Waals surface area (Å²) in [5.41, 5.74) is 4.68. The van der Waals surface area contributed by atoms with Crippen molar-refractivity contribution in [2.75, 3.05) is 14.2 Å². The standard InChI is InChI=1S/C18H16FNO2S/c1-21-14-9-11-3-6-20-7-4-13(12-5-8-23-10-12)17(20)15(11)16(19)18(14)22-2/h4-5,7-10H,3,6H2,1-2H3. The molecule has 0 fully saturated rings. The summed E-state index contributed by atoms with van der Waals surface area (Å²) in [4.78, 5) is 0. The van der Waals surface area contributed by atoms with Crippen molar-refractivity contribution in [3.8, 4) is 33.9 Å². The van der Waals surface area contributed by atoms with Gasteiger partial charge in [0.15, 0.2) is 17.3 Å². The first-order valence-electron chi connectivity index (χ1n) is 7.40. The third-order valence-corrected chi connectivity index (χ3v) is 5.03. The number of aryl methyl sites for hydroxylation is 2. The third kappa shape index (κ3) is 2.07. The largest absolute Gasteiger partial charge is 0.493 e. The lowest BCUT2D eigenvalue weighted by Crippen LogP contribution is -2.13. The maximum atomic E-state index is 15.2. The zero-order valence-electron chi connectivity index (χ0n) is 12.9. The van der Waals surface area contributed by atoms with Gasteiger partial charge in [-0.1, -0.05) is 0 Å². The van der Waals surface area contributed by atoms with Crippen LogP contribution < -0.4 is 9.47 Å². The van der Waals surface area contributed by atoms with Crippen LogP contribution in [0.5, 0.6) is 11.5 Å². The van der Waals surface area contributed by atoms with E-state index in [2.05, 4.69) is 22.1 Å². The minimum Gasteiger partial charge on any atom is -0.493 e. The Bertz CT molecular complexity index is 868. The van der Waals surface area contributed by atoms with Crippen LogP contribution >= 0.6 is 11.3 Å². The molecule has 0 spiro atoms. The van der Waals surface area contributed by atoms with E-state index in [0.717, 1.165) is 35.3 Å². The Balaban J connectivity index is 2.01. The first kappa shape index (κ1) is 14.3. The second-order valence-electron chi connectivity index (χ2n) is 5.49. The lowest BCUT2D eigenvalue weighted by Gasteiger charge is -2.23. The van der Waals surface area contributed by atoms with Gasteiger partial charge in [0, 0.05) is 23.9 Å². The Morgan fingerprint density at radius 3 is 2.78 bits per heavy atom. The van der Waals surface area contributed by atoms with Gasteiger partial charge in [-0.2, -0.15) is 11.3 Å². The second kappa shape index (κ2) is 5.42. The van der Waals surface area contributed by atoms with Gasteiger partial charge >= 0.3 is 0 Å². The summed E-state index contributed by atoms with van der Waals surface area (Å²) in [5, 5.41) is 4.12. The summed E-state index contributed by atoms with van der Waals surface area (Å²) >= 11 is 1.64. The number of rotatable bonds is 3. The van der Waals surface area contributed by atoms with Crippen molar-refractivity contribution in [2.45, 2.75) is 13.0 Å². The SMILES string of the molecule is COc1cc2c(c(F)c1OC)-c1c(-c3ccsc3)ccn1CC2. The van der Waals surface area contributed by atoms with Crippen LogP contribution in [0.1, 0.15) is 5.56 Å². The lowest BCUT2D eigenvalue weighted by atomic mass is 9.93. The zero-order chi connectivity index (χ0) is 16.0. The van der Waals surface area contributed by atoms with Gasteiger partial charge < -0.3 is 14.0 Å². The highest BCUT2D eigenvalue weighted by Gasteiger charge is 2.28. The van der Waals surface area contributed by atoms with Gasteiger partial charge in [-0.05, 0) is 46.5 Å². The maximum Gasteiger partial charge on any atom is 0.197 e. The van der Waals surface area contributed by atoms with Gasteiger partial charge in [0.2, 0.25) is 0 Å². The summed E-state index contributed by atoms with van der Waals surface area (Å²) in [6.07, 6.45) is 2.80. The molecular formula is C18H16FNO2S. The Labute approximate surface area is 137 Å². The number of hydrogen-bond acceptors (Lipinski definition) is 3. The van der Waals surface area contributed by atoms with Gasteiger partial charge in [-0.15, -0.1) is 0 Å². The van der Waals surface area contributed by atoms with Crippen LogP contribution in [0.25, 0.3) is 22.4 Å². The first-order chi connectivity index (χ1) is 11.2. The molecular weight excluding hydrogens is 313 g/mol. The summed E-state index contributed by atoms with van der Waals surface area (Å²) in [5.74, 6) is 0.260. The van der Waals surface area contributed by atoms with Crippen molar-refractivity contribution < 1.29 is 13.9 Å². The van der Waals surface area contributed by atoms with Crippen LogP contribution in [-0.2, 0) is 13.0 Å². The van der Waals surface area contributed by atoms with Crippen LogP contribution in [-0.4, -0.2) is 18.8 Å². The number of halogens is 1. The van der Waals surface area contributed by atoms with E-state index in [-0.39, 0.29) is 11.6 Å². The van der Waals surface area contributed by atoms with Crippen molar-refractivity contribution in [1.29, 1.82) is 0 Å². The van der Waals surface area contributed by atoms with E-state index in [9.17, 15) is 0 Å². The molecule has 0 saturated carbocycles.